The second kappa shape index (κ2) is 20.8. The van der Waals surface area contributed by atoms with E-state index < -0.39 is 23.1 Å². The average Bonchev–Trinajstić information content (AvgIpc) is 3.40. The number of carbonyl (C=O) groups excluding carboxylic acids is 4. The maximum atomic E-state index is 15.3. The van der Waals surface area contributed by atoms with Gasteiger partial charge in [0.1, 0.15) is 11.5 Å². The molecule has 0 heterocycles. The molecule has 10 nitrogen and oxygen atoms in total. The number of ketones is 4. The Morgan fingerprint density at radius 3 is 1.14 bits per heavy atom. The van der Waals surface area contributed by atoms with Crippen molar-refractivity contribution in [2.75, 3.05) is 10.6 Å². The van der Waals surface area contributed by atoms with E-state index in [1.165, 1.54) is 61.8 Å². The molecule has 0 aliphatic heterocycles. The van der Waals surface area contributed by atoms with Gasteiger partial charge < -0.3 is 30.3 Å². The largest absolute Gasteiger partial charge is 0.504 e. The van der Waals surface area contributed by atoms with Crippen molar-refractivity contribution in [1.82, 2.24) is 0 Å². The number of phenols is 2. The molecule has 3 aliphatic rings. The van der Waals surface area contributed by atoms with E-state index in [-0.39, 0.29) is 56.7 Å². The lowest BCUT2D eigenvalue weighted by molar-refractivity contribution is 0.0974. The summed E-state index contributed by atoms with van der Waals surface area (Å²) < 4.78 is 12.8. The van der Waals surface area contributed by atoms with Gasteiger partial charge in [0, 0.05) is 47.5 Å². The van der Waals surface area contributed by atoms with Crippen molar-refractivity contribution < 1.29 is 38.9 Å². The summed E-state index contributed by atoms with van der Waals surface area (Å²) in [7, 11) is 0. The zero-order chi connectivity index (χ0) is 49.1. The SMILES string of the molecule is CCC(=O)c1ccc(Nc2cc(Oc3ccc(C4CCC(CC)CC4)cc3)c(O)c3c2C(=O)c2c(O)c(Oc4ccc(C5CCC(CC)CC5)cc4)cc(Nc4ccc(C(=O)CC)cc4)c2C3=O)cc1. The van der Waals surface area contributed by atoms with E-state index in [0.717, 1.165) is 37.5 Å². The van der Waals surface area contributed by atoms with Gasteiger partial charge in [0.05, 0.1) is 33.6 Å². The number of hydrogen-bond acceptors (Lipinski definition) is 10. The summed E-state index contributed by atoms with van der Waals surface area (Å²) in [6.45, 7) is 8.09. The monoisotopic (exact) mass is 938 g/mol. The second-order valence-corrected chi connectivity index (χ2v) is 19.3. The number of ether oxygens (including phenoxy) is 2. The molecular weight excluding hydrogens is 877 g/mol. The lowest BCUT2D eigenvalue weighted by Crippen LogP contribution is -2.24. The molecule has 0 amide bonds. The van der Waals surface area contributed by atoms with Crippen LogP contribution in [-0.2, 0) is 0 Å². The summed E-state index contributed by atoms with van der Waals surface area (Å²) in [5.74, 6) is 0.488. The van der Waals surface area contributed by atoms with E-state index in [1.54, 1.807) is 62.4 Å². The van der Waals surface area contributed by atoms with Gasteiger partial charge in [-0.3, -0.25) is 19.2 Å². The summed E-state index contributed by atoms with van der Waals surface area (Å²) in [6.07, 6.45) is 12.4. The van der Waals surface area contributed by atoms with Crippen LogP contribution in [-0.4, -0.2) is 33.3 Å². The van der Waals surface area contributed by atoms with E-state index in [0.29, 0.717) is 58.7 Å². The van der Waals surface area contributed by atoms with Crippen LogP contribution in [0.1, 0.15) is 180 Å². The summed E-state index contributed by atoms with van der Waals surface area (Å²) in [5.41, 5.74) is 3.73. The molecule has 0 unspecified atom stereocenters. The molecule has 0 aromatic heterocycles. The van der Waals surface area contributed by atoms with Crippen LogP contribution in [0.2, 0.25) is 0 Å². The number of benzene rings is 6. The number of hydrogen-bond donors (Lipinski definition) is 4. The zero-order valence-corrected chi connectivity index (χ0v) is 40.5. The fourth-order valence-corrected chi connectivity index (χ4v) is 10.7. The summed E-state index contributed by atoms with van der Waals surface area (Å²) in [5, 5.41) is 30.9. The first-order valence-electron chi connectivity index (χ1n) is 25.2. The number of nitrogens with one attached hydrogen (secondary N) is 2. The van der Waals surface area contributed by atoms with Gasteiger partial charge in [-0.2, -0.15) is 0 Å². The molecule has 10 heteroatoms. The number of rotatable bonds is 16. The Kier molecular flexibility index (Phi) is 14.2. The molecular formula is C60H62N2O8. The van der Waals surface area contributed by atoms with Gasteiger partial charge in [-0.15, -0.1) is 0 Å². The Balaban J connectivity index is 1.12. The fraction of sp³-hybridized carbons (Fsp3) is 0.333. The molecule has 0 radical (unpaired) electrons. The average molecular weight is 939 g/mol. The molecule has 0 atom stereocenters. The van der Waals surface area contributed by atoms with Gasteiger partial charge >= 0.3 is 0 Å². The molecule has 0 spiro atoms. The second-order valence-electron chi connectivity index (χ2n) is 19.3. The highest BCUT2D eigenvalue weighted by molar-refractivity contribution is 6.34. The zero-order valence-electron chi connectivity index (χ0n) is 40.5. The number of fused-ring (bicyclic) bond motifs is 2. The first-order valence-corrected chi connectivity index (χ1v) is 25.2. The maximum Gasteiger partial charge on any atom is 0.200 e. The van der Waals surface area contributed by atoms with Gasteiger partial charge in [-0.05, 0) is 159 Å². The minimum atomic E-state index is -0.748. The number of anilines is 4. The van der Waals surface area contributed by atoms with E-state index in [9.17, 15) is 19.8 Å². The van der Waals surface area contributed by atoms with Crippen molar-refractivity contribution >= 4 is 45.9 Å². The molecule has 360 valence electrons. The minimum Gasteiger partial charge on any atom is -0.504 e. The van der Waals surface area contributed by atoms with Crippen molar-refractivity contribution in [3.63, 3.8) is 0 Å². The lowest BCUT2D eigenvalue weighted by Gasteiger charge is -2.28. The van der Waals surface area contributed by atoms with E-state index in [1.807, 2.05) is 48.5 Å². The normalized spacial score (nSPS) is 18.6. The van der Waals surface area contributed by atoms with Crippen LogP contribution in [0, 0.1) is 11.8 Å². The quantitative estimate of drug-likeness (QED) is 0.0544. The fourth-order valence-electron chi connectivity index (χ4n) is 10.7. The Morgan fingerprint density at radius 2 is 0.829 bits per heavy atom. The Morgan fingerprint density at radius 1 is 0.486 bits per heavy atom. The molecule has 0 bridgehead atoms. The number of Topliss-reactive ketones (excluding diaryl/α,β-unsaturated/α-hetero) is 2. The molecule has 70 heavy (non-hydrogen) atoms. The van der Waals surface area contributed by atoms with Gasteiger partial charge in [0.15, 0.2) is 34.6 Å². The van der Waals surface area contributed by atoms with E-state index in [2.05, 4.69) is 24.5 Å². The standard InChI is InChI=1S/C60H62N2O8/c1-5-35-9-13-37(14-10-35)39-21-29-45(30-22-39)69-51-33-47(61-43-25-17-41(18-26-43)49(63)7-3)53-55(57(51)65)59(67)54-48(62-44-27-19-42(20-28-44)50(64)8-4)34-52(58(66)56(54)60(53)68)70-46-31-23-40(24-32-46)38-15-11-36(6-2)12-16-38/h17-38,61-62,65-66H,5-16H2,1-4H3. The predicted molar refractivity (Wildman–Crippen MR) is 275 cm³/mol. The van der Waals surface area contributed by atoms with Crippen LogP contribution in [0.4, 0.5) is 22.7 Å². The Bertz CT molecular complexity index is 2710. The molecule has 3 aliphatic carbocycles. The Hall–Kier alpha value is -7.20. The van der Waals surface area contributed by atoms with Gasteiger partial charge in [-0.1, -0.05) is 64.8 Å². The van der Waals surface area contributed by atoms with Crippen LogP contribution in [0.5, 0.6) is 34.5 Å². The van der Waals surface area contributed by atoms with Crippen molar-refractivity contribution in [3.05, 3.63) is 154 Å². The van der Waals surface area contributed by atoms with Crippen molar-refractivity contribution in [2.24, 2.45) is 11.8 Å². The van der Waals surface area contributed by atoms with Crippen LogP contribution in [0.15, 0.2) is 109 Å². The van der Waals surface area contributed by atoms with Gasteiger partial charge in [-0.25, -0.2) is 0 Å². The summed E-state index contributed by atoms with van der Waals surface area (Å²) in [6, 6.07) is 32.0. The predicted octanol–water partition coefficient (Wildman–Crippen LogP) is 15.5. The summed E-state index contributed by atoms with van der Waals surface area (Å²) >= 11 is 0. The van der Waals surface area contributed by atoms with E-state index >= 15 is 9.59 Å². The number of aromatic hydroxyl groups is 2. The first-order chi connectivity index (χ1) is 34.0. The molecule has 6 aromatic carbocycles. The third-order valence-electron chi connectivity index (χ3n) is 15.1. The number of carbonyl (C=O) groups is 4. The van der Waals surface area contributed by atoms with E-state index in [4.69, 9.17) is 9.47 Å². The van der Waals surface area contributed by atoms with Crippen LogP contribution in [0.3, 0.4) is 0 Å². The Labute approximate surface area is 410 Å². The van der Waals surface area contributed by atoms with Crippen molar-refractivity contribution in [3.8, 4) is 34.5 Å². The highest BCUT2D eigenvalue weighted by Crippen LogP contribution is 2.51. The molecule has 2 saturated carbocycles. The van der Waals surface area contributed by atoms with Crippen LogP contribution in [0.25, 0.3) is 0 Å². The molecule has 9 rings (SSSR count). The lowest BCUT2D eigenvalue weighted by atomic mass is 9.78. The third-order valence-corrected chi connectivity index (χ3v) is 15.1. The third kappa shape index (κ3) is 9.82. The van der Waals surface area contributed by atoms with Gasteiger partial charge in [0.2, 0.25) is 11.6 Å². The highest BCUT2D eigenvalue weighted by Gasteiger charge is 2.41. The highest BCUT2D eigenvalue weighted by atomic mass is 16.5. The molecule has 4 N–H and O–H groups in total. The minimum absolute atomic E-state index is 0.0325. The first kappa shape index (κ1) is 47.8. The molecule has 6 aromatic rings. The maximum absolute atomic E-state index is 15.3. The van der Waals surface area contributed by atoms with Crippen molar-refractivity contribution in [2.45, 2.75) is 117 Å². The van der Waals surface area contributed by atoms with Crippen molar-refractivity contribution in [1.29, 1.82) is 0 Å². The summed E-state index contributed by atoms with van der Waals surface area (Å²) in [4.78, 5) is 55.6. The van der Waals surface area contributed by atoms with Crippen LogP contribution < -0.4 is 20.1 Å². The van der Waals surface area contributed by atoms with Gasteiger partial charge in [0.25, 0.3) is 0 Å². The molecule has 0 saturated heterocycles. The molecule has 2 fully saturated rings. The topological polar surface area (TPSA) is 151 Å². The van der Waals surface area contributed by atoms with Crippen LogP contribution >= 0.6 is 0 Å². The number of phenolic OH excluding ortho intramolecular Hbond substituents is 2. The smallest absolute Gasteiger partial charge is 0.200 e.